The second-order valence-electron chi connectivity index (χ2n) is 3.35. The highest BCUT2D eigenvalue weighted by Gasteiger charge is 2.24. The monoisotopic (exact) mass is 187 g/mol. The highest BCUT2D eigenvalue weighted by atomic mass is 35.5. The lowest BCUT2D eigenvalue weighted by molar-refractivity contribution is 1.10. The van der Waals surface area contributed by atoms with E-state index in [0.29, 0.717) is 0 Å². The van der Waals surface area contributed by atoms with Crippen LogP contribution in [-0.2, 0) is 6.42 Å². The first-order valence-electron chi connectivity index (χ1n) is 4.30. The lowest BCUT2D eigenvalue weighted by atomic mass is 9.69. The van der Waals surface area contributed by atoms with Gasteiger partial charge in [-0.1, -0.05) is 17.4 Å². The summed E-state index contributed by atoms with van der Waals surface area (Å²) in [4.78, 5) is 0. The lowest BCUT2D eigenvalue weighted by Crippen LogP contribution is -2.19. The zero-order chi connectivity index (χ0) is 9.42. The molecule has 1 heterocycles. The van der Waals surface area contributed by atoms with Crippen LogP contribution in [0.25, 0.3) is 0 Å². The molecule has 0 fully saturated rings. The minimum absolute atomic E-state index is 0.114. The third-order valence-corrected chi connectivity index (χ3v) is 2.77. The number of alkyl halides is 1. The molecular formula is C11H9BCl. The maximum atomic E-state index is 6.05. The highest BCUT2D eigenvalue weighted by Crippen LogP contribution is 2.18. The molecule has 2 rings (SSSR count). The van der Waals surface area contributed by atoms with Gasteiger partial charge in [-0.15, -0.1) is 18.0 Å². The summed E-state index contributed by atoms with van der Waals surface area (Å²) in [7, 11) is 2.05. The van der Waals surface area contributed by atoms with Gasteiger partial charge in [-0.3, -0.25) is 0 Å². The third-order valence-electron chi connectivity index (χ3n) is 2.49. The van der Waals surface area contributed by atoms with Crippen LogP contribution in [-0.4, -0.2) is 12.6 Å². The van der Waals surface area contributed by atoms with Crippen molar-refractivity contribution in [3.8, 4) is 12.3 Å². The van der Waals surface area contributed by atoms with Gasteiger partial charge in [-0.2, -0.15) is 0 Å². The molecule has 13 heavy (non-hydrogen) atoms. The van der Waals surface area contributed by atoms with Crippen LogP contribution < -0.4 is 5.46 Å². The fourth-order valence-electron chi connectivity index (χ4n) is 1.80. The van der Waals surface area contributed by atoms with Crippen molar-refractivity contribution in [1.82, 2.24) is 0 Å². The average Bonchev–Trinajstić information content (AvgIpc) is 2.48. The summed E-state index contributed by atoms with van der Waals surface area (Å²) in [5.74, 6) is 2.69. The molecule has 1 aromatic carbocycles. The van der Waals surface area contributed by atoms with Crippen LogP contribution in [0.4, 0.5) is 0 Å². The Balaban J connectivity index is 2.60. The zero-order valence-electron chi connectivity index (χ0n) is 7.47. The van der Waals surface area contributed by atoms with E-state index in [0.717, 1.165) is 12.0 Å². The molecule has 1 aromatic rings. The van der Waals surface area contributed by atoms with E-state index in [2.05, 4.69) is 26.2 Å². The van der Waals surface area contributed by atoms with Crippen LogP contribution in [0.2, 0.25) is 0 Å². The maximum absolute atomic E-state index is 6.05. The number of halogens is 1. The van der Waals surface area contributed by atoms with E-state index in [1.54, 1.807) is 0 Å². The van der Waals surface area contributed by atoms with E-state index in [9.17, 15) is 0 Å². The van der Waals surface area contributed by atoms with E-state index in [1.807, 2.05) is 6.07 Å². The fourth-order valence-corrected chi connectivity index (χ4v) is 2.08. The number of hydrogen-bond acceptors (Lipinski definition) is 0. The summed E-state index contributed by atoms with van der Waals surface area (Å²) in [6.45, 7) is 2.10. The number of terminal acetylenes is 1. The van der Waals surface area contributed by atoms with E-state index < -0.39 is 0 Å². The van der Waals surface area contributed by atoms with Crippen molar-refractivity contribution in [2.45, 2.75) is 18.6 Å². The minimum atomic E-state index is 0.114. The summed E-state index contributed by atoms with van der Waals surface area (Å²) in [5, 5.41) is 0.114. The first-order valence-corrected chi connectivity index (χ1v) is 4.74. The molecule has 0 aromatic heterocycles. The smallest absolute Gasteiger partial charge is 0.132 e. The van der Waals surface area contributed by atoms with Gasteiger partial charge in [0.2, 0.25) is 0 Å². The lowest BCUT2D eigenvalue weighted by Gasteiger charge is -2.05. The number of aryl methyl sites for hydroxylation is 1. The summed E-state index contributed by atoms with van der Waals surface area (Å²) in [6.07, 6.45) is 6.32. The summed E-state index contributed by atoms with van der Waals surface area (Å²) in [6, 6.07) is 4.05. The van der Waals surface area contributed by atoms with Crippen LogP contribution in [0.15, 0.2) is 12.1 Å². The van der Waals surface area contributed by atoms with Crippen LogP contribution >= 0.6 is 11.6 Å². The van der Waals surface area contributed by atoms with Crippen LogP contribution in [0.3, 0.4) is 0 Å². The highest BCUT2D eigenvalue weighted by molar-refractivity contribution is 6.67. The molecule has 0 saturated heterocycles. The third kappa shape index (κ3) is 1.36. The second kappa shape index (κ2) is 3.12. The van der Waals surface area contributed by atoms with Gasteiger partial charge in [-0.25, -0.2) is 0 Å². The van der Waals surface area contributed by atoms with Gasteiger partial charge in [0.1, 0.15) is 0 Å². The van der Waals surface area contributed by atoms with Gasteiger partial charge in [0.15, 0.2) is 7.28 Å². The Morgan fingerprint density at radius 2 is 2.38 bits per heavy atom. The van der Waals surface area contributed by atoms with Crippen molar-refractivity contribution in [2.24, 2.45) is 0 Å². The Morgan fingerprint density at radius 1 is 1.62 bits per heavy atom. The van der Waals surface area contributed by atoms with Crippen molar-refractivity contribution in [3.63, 3.8) is 0 Å². The summed E-state index contributed by atoms with van der Waals surface area (Å²) >= 11 is 6.05. The van der Waals surface area contributed by atoms with Crippen LogP contribution in [0.1, 0.15) is 16.7 Å². The summed E-state index contributed by atoms with van der Waals surface area (Å²) in [5.41, 5.74) is 4.73. The van der Waals surface area contributed by atoms with Crippen LogP contribution in [0, 0.1) is 19.3 Å². The molecule has 1 unspecified atom stereocenters. The van der Waals surface area contributed by atoms with Crippen molar-refractivity contribution in [2.75, 3.05) is 0 Å². The second-order valence-corrected chi connectivity index (χ2v) is 3.91. The van der Waals surface area contributed by atoms with Crippen molar-refractivity contribution in [3.05, 3.63) is 28.8 Å². The minimum Gasteiger partial charge on any atom is -0.132 e. The van der Waals surface area contributed by atoms with E-state index in [4.69, 9.17) is 18.0 Å². The average molecular weight is 187 g/mol. The van der Waals surface area contributed by atoms with E-state index >= 15 is 0 Å². The van der Waals surface area contributed by atoms with Gasteiger partial charge in [0, 0.05) is 10.8 Å². The molecule has 1 aliphatic rings. The Labute approximate surface area is 84.5 Å². The van der Waals surface area contributed by atoms with Gasteiger partial charge in [-0.05, 0) is 30.5 Å². The van der Waals surface area contributed by atoms with Gasteiger partial charge in [0.05, 0.1) is 0 Å². The standard InChI is InChI=1S/C11H9BCl/c1-3-8-5-4-7(2)9-6-10(13)12-11(8)9/h1,4-5,10H,6H2,2H3. The zero-order valence-corrected chi connectivity index (χ0v) is 8.23. The molecule has 0 N–H and O–H groups in total. The molecule has 0 spiro atoms. The van der Waals surface area contributed by atoms with Crippen molar-refractivity contribution < 1.29 is 0 Å². The number of hydrogen-bond donors (Lipinski definition) is 0. The van der Waals surface area contributed by atoms with Crippen LogP contribution in [0.5, 0.6) is 0 Å². The number of fused-ring (bicyclic) bond motifs is 1. The molecule has 1 aliphatic heterocycles. The first kappa shape index (κ1) is 8.72. The first-order chi connectivity index (χ1) is 6.22. The van der Waals surface area contributed by atoms with E-state index in [1.165, 1.54) is 16.6 Å². The topological polar surface area (TPSA) is 0 Å². The molecule has 0 bridgehead atoms. The van der Waals surface area contributed by atoms with Gasteiger partial charge in [0.25, 0.3) is 0 Å². The molecule has 0 amide bonds. The molecule has 0 nitrogen and oxygen atoms in total. The maximum Gasteiger partial charge on any atom is 0.177 e. The summed E-state index contributed by atoms with van der Waals surface area (Å²) < 4.78 is 0. The predicted octanol–water partition coefficient (Wildman–Crippen LogP) is 1.43. The molecule has 0 aliphatic carbocycles. The predicted molar refractivity (Wildman–Crippen MR) is 57.8 cm³/mol. The number of benzene rings is 1. The number of rotatable bonds is 0. The molecule has 1 radical (unpaired) electrons. The van der Waals surface area contributed by atoms with Gasteiger partial charge >= 0.3 is 0 Å². The molecule has 0 saturated carbocycles. The largest absolute Gasteiger partial charge is 0.177 e. The van der Waals surface area contributed by atoms with Crippen molar-refractivity contribution >= 4 is 24.3 Å². The Morgan fingerprint density at radius 3 is 3.08 bits per heavy atom. The van der Waals surface area contributed by atoms with Crippen molar-refractivity contribution in [1.29, 1.82) is 0 Å². The van der Waals surface area contributed by atoms with Gasteiger partial charge < -0.3 is 0 Å². The Kier molecular flexibility index (Phi) is 2.10. The molecular weight excluding hydrogens is 178 g/mol. The molecule has 63 valence electrons. The molecule has 2 heteroatoms. The normalized spacial score (nSPS) is 19.0. The van der Waals surface area contributed by atoms with E-state index in [-0.39, 0.29) is 5.28 Å². The quantitative estimate of drug-likeness (QED) is 0.327. The Bertz CT molecular complexity index is 390. The molecule has 1 atom stereocenters. The SMILES string of the molecule is C#Cc1ccc(C)c2c1[B]C(Cl)C2. The Hall–Kier alpha value is -0.865. The fraction of sp³-hybridized carbons (Fsp3) is 0.273.